The molecule has 2 heterocycles. The number of nitrogens with zero attached hydrogens (tertiary/aromatic N) is 3. The van der Waals surface area contributed by atoms with Crippen molar-refractivity contribution in [2.24, 2.45) is 0 Å². The number of pyridine rings is 1. The second kappa shape index (κ2) is 10.8. The first-order valence-corrected chi connectivity index (χ1v) is 11.2. The zero-order chi connectivity index (χ0) is 23.9. The fourth-order valence-corrected chi connectivity index (χ4v) is 3.98. The second-order valence-corrected chi connectivity index (χ2v) is 8.09. The van der Waals surface area contributed by atoms with Crippen LogP contribution < -0.4 is 15.0 Å². The Balaban J connectivity index is 1.33. The molecule has 1 aliphatic heterocycles. The van der Waals surface area contributed by atoms with Crippen LogP contribution in [0.15, 0.2) is 66.9 Å². The van der Waals surface area contributed by atoms with Gasteiger partial charge in [-0.05, 0) is 48.4 Å². The summed E-state index contributed by atoms with van der Waals surface area (Å²) in [6, 6.07) is 16.8. The summed E-state index contributed by atoms with van der Waals surface area (Å²) in [6.45, 7) is 2.67. The van der Waals surface area contributed by atoms with Crippen molar-refractivity contribution in [2.45, 2.75) is 12.8 Å². The van der Waals surface area contributed by atoms with E-state index in [0.717, 1.165) is 24.3 Å². The Bertz CT molecular complexity index is 1140. The molecule has 1 saturated heterocycles. The van der Waals surface area contributed by atoms with Crippen molar-refractivity contribution in [3.63, 3.8) is 0 Å². The molecule has 1 fully saturated rings. The van der Waals surface area contributed by atoms with Gasteiger partial charge in [-0.25, -0.2) is 9.37 Å². The number of para-hydroxylation sites is 1. The Hall–Kier alpha value is -3.94. The molecule has 1 N–H and O–H groups in total. The summed E-state index contributed by atoms with van der Waals surface area (Å²) < 4.78 is 18.4. The molecule has 1 aromatic heterocycles. The average molecular weight is 463 g/mol. The van der Waals surface area contributed by atoms with E-state index >= 15 is 0 Å². The minimum atomic E-state index is -0.329. The molecule has 0 saturated carbocycles. The number of nitrogens with one attached hydrogen (secondary N) is 1. The minimum Gasteiger partial charge on any atom is -0.496 e. The Kier molecular flexibility index (Phi) is 7.37. The lowest BCUT2D eigenvalue weighted by molar-refractivity contribution is -0.115. The van der Waals surface area contributed by atoms with Crippen LogP contribution in [-0.4, -0.2) is 55.0 Å². The average Bonchev–Trinajstić information content (AvgIpc) is 3.12. The second-order valence-electron chi connectivity index (χ2n) is 8.09. The van der Waals surface area contributed by atoms with Crippen LogP contribution in [0, 0.1) is 5.82 Å². The molecule has 0 aliphatic carbocycles. The van der Waals surface area contributed by atoms with E-state index in [-0.39, 0.29) is 24.1 Å². The molecule has 0 unspecified atom stereocenters. The Labute approximate surface area is 198 Å². The predicted octanol–water partition coefficient (Wildman–Crippen LogP) is 3.76. The number of ether oxygens (including phenoxy) is 1. The van der Waals surface area contributed by atoms with E-state index in [2.05, 4.69) is 15.2 Å². The maximum atomic E-state index is 13.0. The molecule has 34 heavy (non-hydrogen) atoms. The standard InChI is InChI=1S/C26H27FN4O3/c1-34-23-6-3-2-5-22(23)26(33)31-14-4-13-30(15-16-31)24-12-11-21(18-28-24)29-25(32)17-19-7-9-20(27)10-8-19/h2-3,5-12,18H,4,13-17H2,1H3,(H,29,32). The van der Waals surface area contributed by atoms with Crippen LogP contribution in [-0.2, 0) is 11.2 Å². The Morgan fingerprint density at radius 3 is 2.53 bits per heavy atom. The summed E-state index contributed by atoms with van der Waals surface area (Å²) in [7, 11) is 1.57. The molecule has 2 amide bonds. The highest BCUT2D eigenvalue weighted by atomic mass is 19.1. The van der Waals surface area contributed by atoms with Crippen LogP contribution in [0.3, 0.4) is 0 Å². The quantitative estimate of drug-likeness (QED) is 0.604. The monoisotopic (exact) mass is 462 g/mol. The van der Waals surface area contributed by atoms with Gasteiger partial charge in [-0.3, -0.25) is 9.59 Å². The van der Waals surface area contributed by atoms with Gasteiger partial charge in [0.05, 0.1) is 31.0 Å². The van der Waals surface area contributed by atoms with E-state index in [0.29, 0.717) is 36.6 Å². The maximum Gasteiger partial charge on any atom is 0.257 e. The fourth-order valence-electron chi connectivity index (χ4n) is 3.98. The number of hydrogen-bond donors (Lipinski definition) is 1. The van der Waals surface area contributed by atoms with Crippen LogP contribution in [0.25, 0.3) is 0 Å². The molecule has 0 bridgehead atoms. The topological polar surface area (TPSA) is 74.8 Å². The van der Waals surface area contributed by atoms with Crippen molar-refractivity contribution in [3.8, 4) is 5.75 Å². The summed E-state index contributed by atoms with van der Waals surface area (Å²) in [4.78, 5) is 33.8. The van der Waals surface area contributed by atoms with Gasteiger partial charge in [-0.15, -0.1) is 0 Å². The van der Waals surface area contributed by atoms with E-state index in [9.17, 15) is 14.0 Å². The molecule has 0 atom stereocenters. The van der Waals surface area contributed by atoms with E-state index < -0.39 is 0 Å². The Morgan fingerprint density at radius 2 is 1.79 bits per heavy atom. The van der Waals surface area contributed by atoms with Crippen LogP contribution in [0.5, 0.6) is 5.75 Å². The number of methoxy groups -OCH3 is 1. The van der Waals surface area contributed by atoms with Crippen LogP contribution in [0.1, 0.15) is 22.3 Å². The number of amides is 2. The molecule has 176 valence electrons. The summed E-state index contributed by atoms with van der Waals surface area (Å²) in [5.74, 6) is 0.813. The number of aromatic nitrogens is 1. The zero-order valence-corrected chi connectivity index (χ0v) is 19.0. The number of carbonyl (C=O) groups excluding carboxylic acids is 2. The number of benzene rings is 2. The first-order chi connectivity index (χ1) is 16.5. The highest BCUT2D eigenvalue weighted by Gasteiger charge is 2.23. The van der Waals surface area contributed by atoms with Gasteiger partial charge < -0.3 is 19.9 Å². The van der Waals surface area contributed by atoms with E-state index in [1.165, 1.54) is 12.1 Å². The van der Waals surface area contributed by atoms with Crippen molar-refractivity contribution in [3.05, 3.63) is 83.8 Å². The van der Waals surface area contributed by atoms with E-state index in [1.54, 1.807) is 37.6 Å². The van der Waals surface area contributed by atoms with Gasteiger partial charge in [-0.2, -0.15) is 0 Å². The molecular formula is C26H27FN4O3. The third kappa shape index (κ3) is 5.70. The van der Waals surface area contributed by atoms with Crippen LogP contribution in [0.4, 0.5) is 15.9 Å². The summed E-state index contributed by atoms with van der Waals surface area (Å²) >= 11 is 0. The zero-order valence-electron chi connectivity index (χ0n) is 19.0. The lowest BCUT2D eigenvalue weighted by atomic mass is 10.1. The summed E-state index contributed by atoms with van der Waals surface area (Å²) in [6.07, 6.45) is 2.60. The van der Waals surface area contributed by atoms with Crippen LogP contribution in [0.2, 0.25) is 0 Å². The van der Waals surface area contributed by atoms with Gasteiger partial charge in [0.2, 0.25) is 5.91 Å². The van der Waals surface area contributed by atoms with E-state index in [1.807, 2.05) is 29.2 Å². The molecule has 2 aromatic carbocycles. The first kappa shape index (κ1) is 23.2. The summed E-state index contributed by atoms with van der Waals surface area (Å²) in [5, 5.41) is 2.82. The lowest BCUT2D eigenvalue weighted by Gasteiger charge is -2.23. The SMILES string of the molecule is COc1ccccc1C(=O)N1CCCN(c2ccc(NC(=O)Cc3ccc(F)cc3)cn2)CC1. The van der Waals surface area contributed by atoms with Gasteiger partial charge in [0, 0.05) is 26.2 Å². The largest absolute Gasteiger partial charge is 0.496 e. The molecule has 0 spiro atoms. The van der Waals surface area contributed by atoms with E-state index in [4.69, 9.17) is 4.74 Å². The van der Waals surface area contributed by atoms with Gasteiger partial charge in [0.15, 0.2) is 0 Å². The third-order valence-electron chi connectivity index (χ3n) is 5.75. The number of halogens is 1. The molecule has 1 aliphatic rings. The molecule has 7 nitrogen and oxygen atoms in total. The molecule has 0 radical (unpaired) electrons. The first-order valence-electron chi connectivity index (χ1n) is 11.2. The smallest absolute Gasteiger partial charge is 0.257 e. The minimum absolute atomic E-state index is 0.0357. The highest BCUT2D eigenvalue weighted by molar-refractivity contribution is 5.97. The predicted molar refractivity (Wildman–Crippen MR) is 129 cm³/mol. The van der Waals surface area contributed by atoms with Gasteiger partial charge in [0.25, 0.3) is 5.91 Å². The van der Waals surface area contributed by atoms with Gasteiger partial charge in [0.1, 0.15) is 17.4 Å². The van der Waals surface area contributed by atoms with Crippen LogP contribution >= 0.6 is 0 Å². The lowest BCUT2D eigenvalue weighted by Crippen LogP contribution is -2.35. The van der Waals surface area contributed by atoms with Crippen molar-refractivity contribution in [1.29, 1.82) is 0 Å². The number of rotatable bonds is 6. The number of hydrogen-bond acceptors (Lipinski definition) is 5. The van der Waals surface area contributed by atoms with Gasteiger partial charge in [-0.1, -0.05) is 24.3 Å². The normalized spacial score (nSPS) is 13.8. The molecular weight excluding hydrogens is 435 g/mol. The Morgan fingerprint density at radius 1 is 1.00 bits per heavy atom. The maximum absolute atomic E-state index is 13.0. The van der Waals surface area contributed by atoms with Gasteiger partial charge >= 0.3 is 0 Å². The number of anilines is 2. The summed E-state index contributed by atoms with van der Waals surface area (Å²) in [5.41, 5.74) is 1.90. The van der Waals surface area contributed by atoms with Crippen molar-refractivity contribution < 1.29 is 18.7 Å². The molecule has 3 aromatic rings. The van der Waals surface area contributed by atoms with Crippen molar-refractivity contribution >= 4 is 23.3 Å². The number of carbonyl (C=O) groups is 2. The van der Waals surface area contributed by atoms with Crippen molar-refractivity contribution in [2.75, 3.05) is 43.5 Å². The molecule has 4 rings (SSSR count). The third-order valence-corrected chi connectivity index (χ3v) is 5.75. The van der Waals surface area contributed by atoms with Crippen molar-refractivity contribution in [1.82, 2.24) is 9.88 Å². The highest BCUT2D eigenvalue weighted by Crippen LogP contribution is 2.21. The molecule has 8 heteroatoms. The fraction of sp³-hybridized carbons (Fsp3) is 0.269.